The van der Waals surface area contributed by atoms with Gasteiger partial charge in [-0.25, -0.2) is 0 Å². The smallest absolute Gasteiger partial charge is 0.354 e. The average molecular weight is 397 g/mol. The van der Waals surface area contributed by atoms with Crippen molar-refractivity contribution in [3.05, 3.63) is 78.1 Å². The number of fused-ring (bicyclic) bond motifs is 1. The highest BCUT2D eigenvalue weighted by Gasteiger charge is 2.30. The van der Waals surface area contributed by atoms with Crippen LogP contribution in [-0.2, 0) is 12.6 Å². The number of halogens is 3. The second-order valence-corrected chi connectivity index (χ2v) is 6.74. The van der Waals surface area contributed by atoms with Gasteiger partial charge in [0, 0.05) is 36.0 Å². The number of hydrogen-bond acceptors (Lipinski definition) is 4. The summed E-state index contributed by atoms with van der Waals surface area (Å²) in [4.78, 5) is 4.10. The molecule has 4 aromatic rings. The van der Waals surface area contributed by atoms with Crippen LogP contribution in [0, 0.1) is 0 Å². The third-order valence-electron chi connectivity index (χ3n) is 4.64. The Bertz CT molecular complexity index is 1120. The Labute approximate surface area is 165 Å². The molecule has 2 aromatic heterocycles. The summed E-state index contributed by atoms with van der Waals surface area (Å²) in [6, 6.07) is 15.1. The number of alkyl halides is 3. The summed E-state index contributed by atoms with van der Waals surface area (Å²) in [5.41, 5.74) is 1.69. The lowest BCUT2D eigenvalue weighted by Gasteiger charge is -2.08. The van der Waals surface area contributed by atoms with Crippen molar-refractivity contribution in [3.63, 3.8) is 0 Å². The summed E-state index contributed by atoms with van der Waals surface area (Å²) in [5, 5.41) is 9.33. The Balaban J connectivity index is 1.34. The van der Waals surface area contributed by atoms with Crippen LogP contribution in [-0.4, -0.2) is 16.7 Å². The number of aryl methyl sites for hydroxylation is 1. The van der Waals surface area contributed by atoms with Crippen molar-refractivity contribution >= 4 is 16.7 Å². The van der Waals surface area contributed by atoms with E-state index in [2.05, 4.69) is 15.5 Å². The van der Waals surface area contributed by atoms with E-state index in [1.165, 1.54) is 12.1 Å². The maximum absolute atomic E-state index is 12.8. The number of nitrogens with one attached hydrogen (secondary N) is 1. The third-order valence-corrected chi connectivity index (χ3v) is 4.64. The minimum atomic E-state index is -4.32. The largest absolute Gasteiger partial charge is 0.416 e. The number of benzene rings is 2. The van der Waals surface area contributed by atoms with Crippen LogP contribution >= 0.6 is 0 Å². The zero-order chi connectivity index (χ0) is 20.3. The lowest BCUT2D eigenvalue weighted by molar-refractivity contribution is -0.137. The Hall–Kier alpha value is -3.35. The lowest BCUT2D eigenvalue weighted by atomic mass is 10.1. The SMILES string of the molecule is FC(F)(F)c1cccc(CCCNc2cc(-c3ccc4cnccc4c3)no2)c1. The van der Waals surface area contributed by atoms with Crippen molar-refractivity contribution in [1.29, 1.82) is 0 Å². The van der Waals surface area contributed by atoms with Gasteiger partial charge >= 0.3 is 6.18 Å². The first kappa shape index (κ1) is 19.0. The number of rotatable bonds is 6. The Kier molecular flexibility index (Phi) is 5.20. The molecule has 0 aliphatic rings. The van der Waals surface area contributed by atoms with E-state index in [1.807, 2.05) is 30.3 Å². The van der Waals surface area contributed by atoms with Crippen molar-refractivity contribution in [2.24, 2.45) is 0 Å². The van der Waals surface area contributed by atoms with Crippen molar-refractivity contribution in [3.8, 4) is 11.3 Å². The van der Waals surface area contributed by atoms with Crippen molar-refractivity contribution in [1.82, 2.24) is 10.1 Å². The van der Waals surface area contributed by atoms with Gasteiger partial charge in [-0.2, -0.15) is 13.2 Å². The highest BCUT2D eigenvalue weighted by molar-refractivity contribution is 5.86. The fourth-order valence-corrected chi connectivity index (χ4v) is 3.14. The normalized spacial score (nSPS) is 11.7. The van der Waals surface area contributed by atoms with Crippen LogP contribution in [0.25, 0.3) is 22.0 Å². The number of nitrogens with zero attached hydrogens (tertiary/aromatic N) is 2. The van der Waals surface area contributed by atoms with Gasteiger partial charge in [0.2, 0.25) is 5.88 Å². The van der Waals surface area contributed by atoms with Gasteiger partial charge < -0.3 is 9.84 Å². The number of anilines is 1. The molecular formula is C22H18F3N3O. The summed E-state index contributed by atoms with van der Waals surface area (Å²) >= 11 is 0. The van der Waals surface area contributed by atoms with E-state index in [0.717, 1.165) is 22.4 Å². The molecule has 0 radical (unpaired) electrons. The summed E-state index contributed by atoms with van der Waals surface area (Å²) < 4.78 is 43.6. The molecule has 29 heavy (non-hydrogen) atoms. The fourth-order valence-electron chi connectivity index (χ4n) is 3.14. The second-order valence-electron chi connectivity index (χ2n) is 6.74. The number of aromatic nitrogens is 2. The summed E-state index contributed by atoms with van der Waals surface area (Å²) in [5.74, 6) is 0.527. The van der Waals surface area contributed by atoms with E-state index >= 15 is 0 Å². The molecule has 0 fully saturated rings. The predicted molar refractivity (Wildman–Crippen MR) is 105 cm³/mol. The quantitative estimate of drug-likeness (QED) is 0.408. The first-order valence-electron chi connectivity index (χ1n) is 9.20. The zero-order valence-electron chi connectivity index (χ0n) is 15.4. The molecule has 2 heterocycles. The van der Waals surface area contributed by atoms with E-state index in [9.17, 15) is 13.2 Å². The molecule has 4 nitrogen and oxygen atoms in total. The van der Waals surface area contributed by atoms with Gasteiger partial charge in [-0.05, 0) is 42.0 Å². The Morgan fingerprint density at radius 1 is 0.966 bits per heavy atom. The molecule has 0 saturated carbocycles. The lowest BCUT2D eigenvalue weighted by Crippen LogP contribution is -2.06. The van der Waals surface area contributed by atoms with Gasteiger partial charge in [0.25, 0.3) is 0 Å². The summed E-state index contributed by atoms with van der Waals surface area (Å²) in [7, 11) is 0. The summed E-state index contributed by atoms with van der Waals surface area (Å²) in [6.45, 7) is 0.564. The van der Waals surface area contributed by atoms with Crippen LogP contribution in [0.2, 0.25) is 0 Å². The van der Waals surface area contributed by atoms with Crippen LogP contribution in [0.5, 0.6) is 0 Å². The summed E-state index contributed by atoms with van der Waals surface area (Å²) in [6.07, 6.45) is 0.437. The molecule has 7 heteroatoms. The van der Waals surface area contributed by atoms with E-state index < -0.39 is 11.7 Å². The molecule has 4 rings (SSSR count). The molecule has 0 aliphatic heterocycles. The highest BCUT2D eigenvalue weighted by atomic mass is 19.4. The van der Waals surface area contributed by atoms with Crippen LogP contribution in [0.15, 0.2) is 71.5 Å². The topological polar surface area (TPSA) is 51.0 Å². The van der Waals surface area contributed by atoms with Crippen LogP contribution in [0.3, 0.4) is 0 Å². The standard InChI is InChI=1S/C22H18F3N3O/c23-22(24,25)19-5-1-3-15(11-19)4-2-9-27-21-13-20(28-29-21)17-6-7-18-14-26-10-8-16(18)12-17/h1,3,5-8,10-14,27H,2,4,9H2. The minimum Gasteiger partial charge on any atom is -0.354 e. The predicted octanol–water partition coefficient (Wildman–Crippen LogP) is 5.95. The van der Waals surface area contributed by atoms with E-state index in [-0.39, 0.29) is 0 Å². The second kappa shape index (κ2) is 7.95. The number of hydrogen-bond donors (Lipinski definition) is 1. The fraction of sp³-hybridized carbons (Fsp3) is 0.182. The molecule has 0 amide bonds. The first-order valence-corrected chi connectivity index (χ1v) is 9.20. The minimum absolute atomic E-state index is 0.527. The van der Waals surface area contributed by atoms with Gasteiger partial charge in [0.05, 0.1) is 5.56 Å². The van der Waals surface area contributed by atoms with Gasteiger partial charge in [-0.15, -0.1) is 0 Å². The van der Waals surface area contributed by atoms with E-state index in [4.69, 9.17) is 4.52 Å². The zero-order valence-corrected chi connectivity index (χ0v) is 15.4. The van der Waals surface area contributed by atoms with Crippen molar-refractivity contribution in [2.75, 3.05) is 11.9 Å². The van der Waals surface area contributed by atoms with Crippen LogP contribution in [0.1, 0.15) is 17.5 Å². The monoisotopic (exact) mass is 397 g/mol. The molecule has 0 unspecified atom stereocenters. The third kappa shape index (κ3) is 4.56. The van der Waals surface area contributed by atoms with Gasteiger partial charge in [-0.3, -0.25) is 4.98 Å². The molecular weight excluding hydrogens is 379 g/mol. The van der Waals surface area contributed by atoms with Crippen LogP contribution in [0.4, 0.5) is 19.1 Å². The van der Waals surface area contributed by atoms with Gasteiger partial charge in [0.1, 0.15) is 5.69 Å². The Morgan fingerprint density at radius 2 is 1.86 bits per heavy atom. The molecule has 148 valence electrons. The van der Waals surface area contributed by atoms with Crippen molar-refractivity contribution < 1.29 is 17.7 Å². The number of pyridine rings is 1. The average Bonchev–Trinajstić information content (AvgIpc) is 3.19. The molecule has 2 aromatic carbocycles. The molecule has 0 bridgehead atoms. The first-order chi connectivity index (χ1) is 14.0. The molecule has 0 aliphatic carbocycles. The van der Waals surface area contributed by atoms with Gasteiger partial charge in [0.15, 0.2) is 0 Å². The maximum Gasteiger partial charge on any atom is 0.416 e. The van der Waals surface area contributed by atoms with Crippen molar-refractivity contribution in [2.45, 2.75) is 19.0 Å². The van der Waals surface area contributed by atoms with Crippen LogP contribution < -0.4 is 5.32 Å². The van der Waals surface area contributed by atoms with E-state index in [1.54, 1.807) is 18.5 Å². The molecule has 0 spiro atoms. The highest BCUT2D eigenvalue weighted by Crippen LogP contribution is 2.30. The molecule has 0 saturated heterocycles. The Morgan fingerprint density at radius 3 is 2.72 bits per heavy atom. The van der Waals surface area contributed by atoms with E-state index in [0.29, 0.717) is 36.5 Å². The molecule has 1 N–H and O–H groups in total. The maximum atomic E-state index is 12.8. The molecule has 0 atom stereocenters. The van der Waals surface area contributed by atoms with Gasteiger partial charge in [-0.1, -0.05) is 35.5 Å².